The van der Waals surface area contributed by atoms with Crippen LogP contribution in [0.2, 0.25) is 0 Å². The van der Waals surface area contributed by atoms with Gasteiger partial charge in [-0.05, 0) is 67.5 Å². The molecule has 0 radical (unpaired) electrons. The van der Waals surface area contributed by atoms with Crippen molar-refractivity contribution in [1.82, 2.24) is 4.98 Å². The van der Waals surface area contributed by atoms with E-state index in [4.69, 9.17) is 0 Å². The second-order valence-electron chi connectivity index (χ2n) is 7.88. The number of allylic oxidation sites excluding steroid dienone is 2. The van der Waals surface area contributed by atoms with E-state index in [1.807, 2.05) is 0 Å². The van der Waals surface area contributed by atoms with Gasteiger partial charge in [0.25, 0.3) is 0 Å². The summed E-state index contributed by atoms with van der Waals surface area (Å²) in [5, 5.41) is 0. The SMILES string of the molecule is COC(=O)c1ccc(/C=C/C(=O)c2cc(C(=O)/C=C/c3ccc(C(=O)OC)cc3)c(C)nc2C)cc1. The largest absolute Gasteiger partial charge is 0.465 e. The van der Waals surface area contributed by atoms with Crippen LogP contribution in [-0.2, 0) is 9.47 Å². The summed E-state index contributed by atoms with van der Waals surface area (Å²) in [6.45, 7) is 3.43. The van der Waals surface area contributed by atoms with Gasteiger partial charge in [0.1, 0.15) is 0 Å². The average molecular weight is 484 g/mol. The molecule has 0 aliphatic heterocycles. The quantitative estimate of drug-likeness (QED) is 0.251. The van der Waals surface area contributed by atoms with Crippen molar-refractivity contribution in [2.45, 2.75) is 13.8 Å². The van der Waals surface area contributed by atoms with E-state index in [0.717, 1.165) is 11.1 Å². The Labute approximate surface area is 209 Å². The number of ketones is 2. The van der Waals surface area contributed by atoms with Gasteiger partial charge in [-0.1, -0.05) is 36.4 Å². The third kappa shape index (κ3) is 6.27. The normalized spacial score (nSPS) is 11.0. The minimum atomic E-state index is -0.438. The highest BCUT2D eigenvalue weighted by atomic mass is 16.5. The predicted octanol–water partition coefficient (Wildman–Crippen LogP) is 5.06. The molecule has 3 aromatic rings. The molecule has 1 heterocycles. The van der Waals surface area contributed by atoms with Crippen LogP contribution < -0.4 is 0 Å². The third-order valence-corrected chi connectivity index (χ3v) is 5.45. The molecule has 0 saturated carbocycles. The topological polar surface area (TPSA) is 99.6 Å². The molecule has 0 unspecified atom stereocenters. The molecule has 0 fully saturated rings. The lowest BCUT2D eigenvalue weighted by molar-refractivity contribution is 0.0592. The fraction of sp³-hybridized carbons (Fsp3) is 0.138. The second-order valence-corrected chi connectivity index (χ2v) is 7.88. The Morgan fingerprint density at radius 2 is 1.00 bits per heavy atom. The Balaban J connectivity index is 1.78. The molecular weight excluding hydrogens is 458 g/mol. The van der Waals surface area contributed by atoms with E-state index in [-0.39, 0.29) is 11.6 Å². The lowest BCUT2D eigenvalue weighted by Gasteiger charge is -2.08. The fourth-order valence-electron chi connectivity index (χ4n) is 3.44. The summed E-state index contributed by atoms with van der Waals surface area (Å²) in [5.41, 5.74) is 3.95. The number of aryl methyl sites for hydroxylation is 2. The van der Waals surface area contributed by atoms with E-state index in [1.54, 1.807) is 80.6 Å². The van der Waals surface area contributed by atoms with Crippen LogP contribution in [0.4, 0.5) is 0 Å². The number of methoxy groups -OCH3 is 2. The Hall–Kier alpha value is -4.65. The summed E-state index contributed by atoms with van der Waals surface area (Å²) >= 11 is 0. The fourth-order valence-corrected chi connectivity index (χ4v) is 3.44. The molecule has 0 saturated heterocycles. The van der Waals surface area contributed by atoms with E-state index in [2.05, 4.69) is 14.5 Å². The van der Waals surface area contributed by atoms with E-state index in [1.165, 1.54) is 26.4 Å². The number of nitrogens with zero attached hydrogens (tertiary/aromatic N) is 1. The molecule has 0 amide bonds. The van der Waals surface area contributed by atoms with Crippen LogP contribution in [0.15, 0.2) is 66.7 Å². The highest BCUT2D eigenvalue weighted by Crippen LogP contribution is 2.17. The first kappa shape index (κ1) is 26.0. The van der Waals surface area contributed by atoms with Crippen LogP contribution in [-0.4, -0.2) is 42.7 Å². The molecule has 0 atom stereocenters. The van der Waals surface area contributed by atoms with Crippen molar-refractivity contribution in [1.29, 1.82) is 0 Å². The van der Waals surface area contributed by atoms with E-state index >= 15 is 0 Å². The number of hydrogen-bond acceptors (Lipinski definition) is 7. The number of benzene rings is 2. The lowest BCUT2D eigenvalue weighted by atomic mass is 10.0. The van der Waals surface area contributed by atoms with E-state index in [9.17, 15) is 19.2 Å². The summed E-state index contributed by atoms with van der Waals surface area (Å²) in [6.07, 6.45) is 6.06. The van der Waals surface area contributed by atoms with Gasteiger partial charge in [0.05, 0.1) is 25.3 Å². The lowest BCUT2D eigenvalue weighted by Crippen LogP contribution is -2.08. The van der Waals surface area contributed by atoms with Gasteiger partial charge in [0.2, 0.25) is 0 Å². The van der Waals surface area contributed by atoms with Gasteiger partial charge in [0.15, 0.2) is 11.6 Å². The minimum absolute atomic E-state index is 0.298. The monoisotopic (exact) mass is 483 g/mol. The molecule has 7 nitrogen and oxygen atoms in total. The Morgan fingerprint density at radius 3 is 1.33 bits per heavy atom. The summed E-state index contributed by atoms with van der Waals surface area (Å²) in [5.74, 6) is -1.47. The zero-order valence-electron chi connectivity index (χ0n) is 20.4. The third-order valence-electron chi connectivity index (χ3n) is 5.45. The van der Waals surface area contributed by atoms with Crippen molar-refractivity contribution in [2.75, 3.05) is 14.2 Å². The maximum Gasteiger partial charge on any atom is 0.337 e. The molecule has 0 aliphatic rings. The first-order valence-electron chi connectivity index (χ1n) is 11.0. The average Bonchev–Trinajstić information content (AvgIpc) is 2.90. The van der Waals surface area contributed by atoms with Crippen molar-refractivity contribution in [3.05, 3.63) is 112 Å². The zero-order chi connectivity index (χ0) is 26.2. The number of pyridine rings is 1. The molecule has 0 spiro atoms. The first-order valence-corrected chi connectivity index (χ1v) is 11.0. The molecule has 3 rings (SSSR count). The van der Waals surface area contributed by atoms with Gasteiger partial charge >= 0.3 is 11.9 Å². The molecular formula is C29H25NO6. The minimum Gasteiger partial charge on any atom is -0.465 e. The van der Waals surface area contributed by atoms with Crippen LogP contribution in [0.3, 0.4) is 0 Å². The van der Waals surface area contributed by atoms with Crippen molar-refractivity contribution < 1.29 is 28.7 Å². The van der Waals surface area contributed by atoms with Gasteiger partial charge in [-0.25, -0.2) is 9.59 Å². The number of rotatable bonds is 8. The zero-order valence-corrected chi connectivity index (χ0v) is 20.4. The maximum atomic E-state index is 12.9. The molecule has 7 heteroatoms. The Kier molecular flexibility index (Phi) is 8.41. The van der Waals surface area contributed by atoms with E-state index < -0.39 is 11.9 Å². The number of carbonyl (C=O) groups is 4. The van der Waals surface area contributed by atoms with Crippen molar-refractivity contribution >= 4 is 35.7 Å². The molecule has 2 aromatic carbocycles. The number of esters is 2. The molecule has 0 N–H and O–H groups in total. The summed E-state index contributed by atoms with van der Waals surface area (Å²) in [7, 11) is 2.62. The molecule has 0 bridgehead atoms. The van der Waals surface area contributed by atoms with Crippen LogP contribution >= 0.6 is 0 Å². The Bertz CT molecular complexity index is 1260. The molecule has 1 aromatic heterocycles. The first-order chi connectivity index (χ1) is 17.2. The van der Waals surface area contributed by atoms with Gasteiger partial charge in [0, 0.05) is 22.5 Å². The standard InChI is InChI=1S/C29H25NO6/c1-18-24(26(31)15-9-20-5-11-22(12-6-20)28(33)35-3)17-25(19(2)30-18)27(32)16-10-21-7-13-23(14-8-21)29(34)36-4/h5-17H,1-4H3/b15-9+,16-10+. The predicted molar refractivity (Wildman–Crippen MR) is 136 cm³/mol. The number of ether oxygens (including phenoxy) is 2. The van der Waals surface area contributed by atoms with Crippen LogP contribution in [0.25, 0.3) is 12.2 Å². The summed E-state index contributed by atoms with van der Waals surface area (Å²) in [6, 6.07) is 14.8. The number of hydrogen-bond donors (Lipinski definition) is 0. The maximum absolute atomic E-state index is 12.9. The van der Waals surface area contributed by atoms with Crippen molar-refractivity contribution in [2.24, 2.45) is 0 Å². The smallest absolute Gasteiger partial charge is 0.337 e. The molecule has 36 heavy (non-hydrogen) atoms. The number of aromatic nitrogens is 1. The Morgan fingerprint density at radius 1 is 0.639 bits per heavy atom. The van der Waals surface area contributed by atoms with Crippen molar-refractivity contribution in [3.8, 4) is 0 Å². The highest BCUT2D eigenvalue weighted by Gasteiger charge is 2.15. The van der Waals surface area contributed by atoms with Gasteiger partial charge in [-0.3, -0.25) is 14.6 Å². The van der Waals surface area contributed by atoms with Crippen molar-refractivity contribution in [3.63, 3.8) is 0 Å². The van der Waals surface area contributed by atoms with Crippen LogP contribution in [0, 0.1) is 13.8 Å². The molecule has 182 valence electrons. The van der Waals surface area contributed by atoms with Crippen LogP contribution in [0.1, 0.15) is 63.9 Å². The highest BCUT2D eigenvalue weighted by molar-refractivity contribution is 6.12. The van der Waals surface area contributed by atoms with Gasteiger partial charge < -0.3 is 9.47 Å². The summed E-state index contributed by atoms with van der Waals surface area (Å²) < 4.78 is 9.36. The number of carbonyl (C=O) groups excluding carboxylic acids is 4. The second kappa shape index (κ2) is 11.7. The molecule has 0 aliphatic carbocycles. The van der Waals surface area contributed by atoms with Crippen LogP contribution in [0.5, 0.6) is 0 Å². The summed E-state index contributed by atoms with van der Waals surface area (Å²) in [4.78, 5) is 53.2. The van der Waals surface area contributed by atoms with Gasteiger partial charge in [-0.15, -0.1) is 0 Å². The van der Waals surface area contributed by atoms with E-state index in [0.29, 0.717) is 33.6 Å². The van der Waals surface area contributed by atoms with Gasteiger partial charge in [-0.2, -0.15) is 0 Å².